The minimum atomic E-state index is -4.78. The Bertz CT molecular complexity index is 543. The van der Waals surface area contributed by atoms with E-state index in [2.05, 4.69) is 10.1 Å². The number of halogens is 3. The second-order valence-corrected chi connectivity index (χ2v) is 4.43. The Morgan fingerprint density at radius 2 is 2.00 bits per heavy atom. The fourth-order valence-electron chi connectivity index (χ4n) is 1.76. The number of amides is 1. The van der Waals surface area contributed by atoms with E-state index < -0.39 is 24.3 Å². The van der Waals surface area contributed by atoms with Gasteiger partial charge in [-0.2, -0.15) is 0 Å². The first kappa shape index (κ1) is 16.8. The van der Waals surface area contributed by atoms with Gasteiger partial charge in [0, 0.05) is 13.3 Å². The zero-order valence-electron chi connectivity index (χ0n) is 11.3. The summed E-state index contributed by atoms with van der Waals surface area (Å²) >= 11 is 0. The zero-order chi connectivity index (χ0) is 16.2. The summed E-state index contributed by atoms with van der Waals surface area (Å²) in [6.07, 6.45) is -4.82. The number of aryl methyl sites for hydroxylation is 1. The van der Waals surface area contributed by atoms with Crippen LogP contribution in [0.1, 0.15) is 18.1 Å². The number of carbonyl (C=O) groups is 2. The molecule has 1 unspecified atom stereocenters. The van der Waals surface area contributed by atoms with Crippen molar-refractivity contribution in [3.63, 3.8) is 0 Å². The van der Waals surface area contributed by atoms with E-state index >= 15 is 0 Å². The van der Waals surface area contributed by atoms with Crippen LogP contribution in [0.2, 0.25) is 0 Å². The lowest BCUT2D eigenvalue weighted by Gasteiger charge is -2.16. The highest BCUT2D eigenvalue weighted by Gasteiger charge is 2.31. The van der Waals surface area contributed by atoms with Gasteiger partial charge in [0.1, 0.15) is 11.8 Å². The maximum absolute atomic E-state index is 12.1. The third-order valence-corrected chi connectivity index (χ3v) is 2.65. The molecule has 0 aliphatic rings. The summed E-state index contributed by atoms with van der Waals surface area (Å²) in [5.41, 5.74) is 0.944. The molecule has 1 aromatic rings. The van der Waals surface area contributed by atoms with Crippen molar-refractivity contribution in [3.8, 4) is 5.75 Å². The molecule has 21 heavy (non-hydrogen) atoms. The van der Waals surface area contributed by atoms with Gasteiger partial charge in [-0.15, -0.1) is 13.2 Å². The molecule has 1 atom stereocenters. The van der Waals surface area contributed by atoms with E-state index in [4.69, 9.17) is 5.11 Å². The highest BCUT2D eigenvalue weighted by molar-refractivity contribution is 5.82. The number of nitrogens with one attached hydrogen (secondary N) is 1. The largest absolute Gasteiger partial charge is 0.573 e. The summed E-state index contributed by atoms with van der Waals surface area (Å²) in [5, 5.41) is 11.3. The van der Waals surface area contributed by atoms with Crippen LogP contribution in [0, 0.1) is 6.92 Å². The van der Waals surface area contributed by atoms with Crippen LogP contribution in [0.4, 0.5) is 13.2 Å². The Morgan fingerprint density at radius 3 is 2.43 bits per heavy atom. The molecule has 8 heteroatoms. The molecule has 0 heterocycles. The second-order valence-electron chi connectivity index (χ2n) is 4.43. The molecule has 0 saturated carbocycles. The van der Waals surface area contributed by atoms with Crippen LogP contribution in [0.5, 0.6) is 5.75 Å². The molecule has 5 nitrogen and oxygen atoms in total. The number of hydrogen-bond acceptors (Lipinski definition) is 3. The smallest absolute Gasteiger partial charge is 0.480 e. The Hall–Kier alpha value is -2.25. The average molecular weight is 305 g/mol. The molecule has 0 radical (unpaired) electrons. The molecular formula is C13H14F3NO4. The van der Waals surface area contributed by atoms with Crippen molar-refractivity contribution < 1.29 is 32.6 Å². The Labute approximate surface area is 118 Å². The molecule has 0 bridgehead atoms. The molecule has 0 fully saturated rings. The maximum Gasteiger partial charge on any atom is 0.573 e. The van der Waals surface area contributed by atoms with Crippen LogP contribution in [0.25, 0.3) is 0 Å². The first-order valence-electron chi connectivity index (χ1n) is 5.93. The van der Waals surface area contributed by atoms with E-state index in [0.29, 0.717) is 11.1 Å². The Balaban J connectivity index is 2.89. The standard InChI is InChI=1S/C13H14F3NO4/c1-7-5-10(21-13(14,15)16)4-3-9(7)6-11(12(19)20)17-8(2)18/h3-5,11H,6H2,1-2H3,(H,17,18)(H,19,20). The monoisotopic (exact) mass is 305 g/mol. The van der Waals surface area contributed by atoms with E-state index in [9.17, 15) is 22.8 Å². The SMILES string of the molecule is CC(=O)NC(Cc1ccc(OC(F)(F)F)cc1C)C(=O)O. The number of carboxylic acid groups (broad SMARTS) is 1. The lowest BCUT2D eigenvalue weighted by molar-refractivity contribution is -0.274. The molecule has 0 aromatic heterocycles. The molecular weight excluding hydrogens is 291 g/mol. The van der Waals surface area contributed by atoms with E-state index in [1.165, 1.54) is 19.9 Å². The fourth-order valence-corrected chi connectivity index (χ4v) is 1.76. The summed E-state index contributed by atoms with van der Waals surface area (Å²) in [6, 6.07) is 2.46. The van der Waals surface area contributed by atoms with E-state index in [1.54, 1.807) is 0 Å². The molecule has 1 rings (SSSR count). The van der Waals surface area contributed by atoms with Gasteiger partial charge in [0.2, 0.25) is 5.91 Å². The second kappa shape index (κ2) is 6.47. The number of aliphatic carboxylic acids is 1. The topological polar surface area (TPSA) is 75.6 Å². The van der Waals surface area contributed by atoms with Gasteiger partial charge in [-0.05, 0) is 30.2 Å². The average Bonchev–Trinajstić information content (AvgIpc) is 2.28. The number of hydrogen-bond donors (Lipinski definition) is 2. The number of ether oxygens (including phenoxy) is 1. The number of alkyl halides is 3. The van der Waals surface area contributed by atoms with Crippen LogP contribution in [0.3, 0.4) is 0 Å². The maximum atomic E-state index is 12.1. The zero-order valence-corrected chi connectivity index (χ0v) is 11.3. The molecule has 2 N–H and O–H groups in total. The Kier molecular flexibility index (Phi) is 5.17. The summed E-state index contributed by atoms with van der Waals surface area (Å²) in [4.78, 5) is 21.9. The van der Waals surface area contributed by atoms with Gasteiger partial charge >= 0.3 is 12.3 Å². The van der Waals surface area contributed by atoms with Crippen molar-refractivity contribution in [1.82, 2.24) is 5.32 Å². The predicted molar refractivity (Wildman–Crippen MR) is 66.8 cm³/mol. The minimum absolute atomic E-state index is 0.0347. The number of carbonyl (C=O) groups excluding carboxylic acids is 1. The van der Waals surface area contributed by atoms with E-state index in [-0.39, 0.29) is 12.2 Å². The van der Waals surface area contributed by atoms with Crippen molar-refractivity contribution >= 4 is 11.9 Å². The summed E-state index contributed by atoms with van der Waals surface area (Å²) in [6.45, 7) is 2.72. The predicted octanol–water partition coefficient (Wildman–Crippen LogP) is 2.03. The quantitative estimate of drug-likeness (QED) is 0.872. The molecule has 0 aliphatic heterocycles. The highest BCUT2D eigenvalue weighted by Crippen LogP contribution is 2.25. The normalized spacial score (nSPS) is 12.6. The number of rotatable bonds is 5. The number of benzene rings is 1. The molecule has 116 valence electrons. The van der Waals surface area contributed by atoms with Crippen molar-refractivity contribution in [2.75, 3.05) is 0 Å². The van der Waals surface area contributed by atoms with Crippen molar-refractivity contribution in [2.45, 2.75) is 32.7 Å². The molecule has 1 aromatic carbocycles. The van der Waals surface area contributed by atoms with Crippen LogP contribution >= 0.6 is 0 Å². The lowest BCUT2D eigenvalue weighted by Crippen LogP contribution is -2.41. The fraction of sp³-hybridized carbons (Fsp3) is 0.385. The van der Waals surface area contributed by atoms with Gasteiger partial charge < -0.3 is 15.2 Å². The lowest BCUT2D eigenvalue weighted by atomic mass is 10.0. The molecule has 0 saturated heterocycles. The van der Waals surface area contributed by atoms with Crippen LogP contribution in [-0.2, 0) is 16.0 Å². The van der Waals surface area contributed by atoms with Gasteiger partial charge in [-0.1, -0.05) is 6.07 Å². The molecule has 0 spiro atoms. The summed E-state index contributed by atoms with van der Waals surface area (Å²) in [5.74, 6) is -2.10. The molecule has 0 aliphatic carbocycles. The van der Waals surface area contributed by atoms with Gasteiger partial charge in [0.25, 0.3) is 0 Å². The van der Waals surface area contributed by atoms with Crippen LogP contribution in [0.15, 0.2) is 18.2 Å². The minimum Gasteiger partial charge on any atom is -0.480 e. The first-order valence-corrected chi connectivity index (χ1v) is 5.93. The van der Waals surface area contributed by atoms with Crippen LogP contribution < -0.4 is 10.1 Å². The molecule has 1 amide bonds. The van der Waals surface area contributed by atoms with Gasteiger partial charge in [-0.3, -0.25) is 4.79 Å². The van der Waals surface area contributed by atoms with Crippen molar-refractivity contribution in [3.05, 3.63) is 29.3 Å². The Morgan fingerprint density at radius 1 is 1.38 bits per heavy atom. The van der Waals surface area contributed by atoms with Crippen molar-refractivity contribution in [1.29, 1.82) is 0 Å². The highest BCUT2D eigenvalue weighted by atomic mass is 19.4. The van der Waals surface area contributed by atoms with E-state index in [1.807, 2.05) is 0 Å². The number of carboxylic acids is 1. The van der Waals surface area contributed by atoms with Gasteiger partial charge in [-0.25, -0.2) is 4.79 Å². The summed E-state index contributed by atoms with van der Waals surface area (Å²) in [7, 11) is 0. The third kappa shape index (κ3) is 5.72. The first-order chi connectivity index (χ1) is 9.58. The van der Waals surface area contributed by atoms with Gasteiger partial charge in [0.05, 0.1) is 0 Å². The van der Waals surface area contributed by atoms with Gasteiger partial charge in [0.15, 0.2) is 0 Å². The van der Waals surface area contributed by atoms with Crippen LogP contribution in [-0.4, -0.2) is 29.4 Å². The van der Waals surface area contributed by atoms with E-state index in [0.717, 1.165) is 12.1 Å². The van der Waals surface area contributed by atoms with Crippen molar-refractivity contribution in [2.24, 2.45) is 0 Å². The summed E-state index contributed by atoms with van der Waals surface area (Å²) < 4.78 is 40.0. The third-order valence-electron chi connectivity index (χ3n) is 2.65.